The van der Waals surface area contributed by atoms with Crippen molar-refractivity contribution in [3.8, 4) is 0 Å². The Morgan fingerprint density at radius 2 is 1.48 bits per heavy atom. The van der Waals surface area contributed by atoms with Crippen molar-refractivity contribution < 1.29 is 27.5 Å². The Hall–Kier alpha value is -3.62. The summed E-state index contributed by atoms with van der Waals surface area (Å²) >= 11 is 0. The van der Waals surface area contributed by atoms with Crippen LogP contribution in [-0.2, 0) is 20.5 Å². The Morgan fingerprint density at radius 1 is 0.935 bits per heavy atom. The van der Waals surface area contributed by atoms with Crippen LogP contribution in [0, 0.1) is 0 Å². The molecule has 1 aliphatic heterocycles. The van der Waals surface area contributed by atoms with Crippen LogP contribution in [0.15, 0.2) is 59.2 Å². The van der Waals surface area contributed by atoms with Crippen LogP contribution in [0.4, 0.5) is 18.9 Å². The van der Waals surface area contributed by atoms with E-state index in [2.05, 4.69) is 4.99 Å². The van der Waals surface area contributed by atoms with Gasteiger partial charge in [0.15, 0.2) is 5.70 Å². The quantitative estimate of drug-likeness (QED) is 0.418. The summed E-state index contributed by atoms with van der Waals surface area (Å²) in [6, 6.07) is 11.8. The molecule has 0 saturated carbocycles. The second kappa shape index (κ2) is 9.92. The molecule has 0 radical (unpaired) electrons. The number of hydrogen-bond donors (Lipinski definition) is 0. The lowest BCUT2D eigenvalue weighted by Gasteiger charge is -2.11. The molecule has 0 aliphatic carbocycles. The van der Waals surface area contributed by atoms with E-state index in [1.165, 1.54) is 17.0 Å². The molecule has 0 atom stereocenters. The molecule has 0 N–H and O–H groups in total. The molecule has 2 aromatic rings. The first-order chi connectivity index (χ1) is 14.5. The summed E-state index contributed by atoms with van der Waals surface area (Å²) < 4.78 is 42.9. The maximum absolute atomic E-state index is 12.6. The Balaban J connectivity index is 0.000000614. The predicted molar refractivity (Wildman–Crippen MR) is 113 cm³/mol. The summed E-state index contributed by atoms with van der Waals surface area (Å²) in [5.74, 6) is -0.656. The van der Waals surface area contributed by atoms with Crippen molar-refractivity contribution in [3.05, 3.63) is 70.9 Å². The molecule has 164 valence electrons. The molecule has 6 nitrogen and oxygen atoms in total. The van der Waals surface area contributed by atoms with Crippen molar-refractivity contribution >= 4 is 30.0 Å². The molecule has 0 fully saturated rings. The first-order valence-electron chi connectivity index (χ1n) is 9.10. The molecular weight excluding hydrogens is 411 g/mol. The highest BCUT2D eigenvalue weighted by atomic mass is 19.4. The summed E-state index contributed by atoms with van der Waals surface area (Å²) in [6.45, 7) is 0. The third kappa shape index (κ3) is 6.70. The molecule has 9 heteroatoms. The molecule has 31 heavy (non-hydrogen) atoms. The molecule has 0 saturated heterocycles. The number of benzene rings is 2. The highest BCUT2D eigenvalue weighted by molar-refractivity contribution is 6.12. The first kappa shape index (κ1) is 23.7. The molecule has 1 heterocycles. The van der Waals surface area contributed by atoms with E-state index in [9.17, 15) is 22.8 Å². The van der Waals surface area contributed by atoms with Crippen molar-refractivity contribution in [1.82, 2.24) is 4.90 Å². The minimum Gasteiger partial charge on any atom is -0.402 e. The van der Waals surface area contributed by atoms with E-state index in [0.29, 0.717) is 5.56 Å². The fraction of sp³-hybridized carbons (Fsp3) is 0.227. The number of cyclic esters (lactones) is 1. The van der Waals surface area contributed by atoms with Gasteiger partial charge in [-0.25, -0.2) is 9.79 Å². The van der Waals surface area contributed by atoms with Gasteiger partial charge in [0.25, 0.3) is 0 Å². The van der Waals surface area contributed by atoms with Gasteiger partial charge in [0, 0.05) is 39.4 Å². The second-order valence-electron chi connectivity index (χ2n) is 6.97. The van der Waals surface area contributed by atoms with E-state index in [4.69, 9.17) is 4.74 Å². The summed E-state index contributed by atoms with van der Waals surface area (Å²) in [6.07, 6.45) is -2.10. The number of hydrogen-bond acceptors (Lipinski definition) is 5. The topological polar surface area (TPSA) is 62.2 Å². The molecular formula is C22H22F3N3O3. The van der Waals surface area contributed by atoms with E-state index in [0.717, 1.165) is 29.8 Å². The average Bonchev–Trinajstić information content (AvgIpc) is 3.08. The summed E-state index contributed by atoms with van der Waals surface area (Å²) in [4.78, 5) is 28.9. The number of amides is 1. The van der Waals surface area contributed by atoms with Crippen molar-refractivity contribution in [2.24, 2.45) is 4.99 Å². The average molecular weight is 433 g/mol. The zero-order valence-corrected chi connectivity index (χ0v) is 17.5. The number of alkyl halides is 3. The van der Waals surface area contributed by atoms with Crippen molar-refractivity contribution in [1.29, 1.82) is 0 Å². The van der Waals surface area contributed by atoms with Crippen LogP contribution in [0.2, 0.25) is 0 Å². The van der Waals surface area contributed by atoms with Crippen LogP contribution < -0.4 is 4.90 Å². The number of rotatable bonds is 4. The number of nitrogens with zero attached hydrogens (tertiary/aromatic N) is 3. The fourth-order valence-electron chi connectivity index (χ4n) is 2.36. The number of ether oxygens (including phenoxy) is 1. The van der Waals surface area contributed by atoms with Crippen LogP contribution in [-0.4, -0.2) is 51.4 Å². The zero-order chi connectivity index (χ0) is 23.2. The smallest absolute Gasteiger partial charge is 0.402 e. The number of anilines is 1. The Bertz CT molecular complexity index is 978. The summed E-state index contributed by atoms with van der Waals surface area (Å²) in [5, 5.41) is 0. The number of carbonyl (C=O) groups is 2. The van der Waals surface area contributed by atoms with Gasteiger partial charge < -0.3 is 14.5 Å². The van der Waals surface area contributed by atoms with Crippen LogP contribution >= 0.6 is 0 Å². The Labute approximate surface area is 178 Å². The van der Waals surface area contributed by atoms with Gasteiger partial charge in [-0.2, -0.15) is 13.2 Å². The third-order valence-electron chi connectivity index (χ3n) is 4.00. The minimum absolute atomic E-state index is 0.0140. The number of halogens is 3. The van der Waals surface area contributed by atoms with Gasteiger partial charge in [-0.05, 0) is 48.0 Å². The summed E-state index contributed by atoms with van der Waals surface area (Å²) in [7, 11) is 7.21. The van der Waals surface area contributed by atoms with Crippen molar-refractivity contribution in [2.75, 3.05) is 33.1 Å². The monoisotopic (exact) mass is 433 g/mol. The van der Waals surface area contributed by atoms with Crippen LogP contribution in [0.1, 0.15) is 16.7 Å². The van der Waals surface area contributed by atoms with E-state index in [1.54, 1.807) is 20.2 Å². The lowest BCUT2D eigenvalue weighted by molar-refractivity contribution is -0.137. The maximum Gasteiger partial charge on any atom is 0.416 e. The normalized spacial score (nSPS) is 14.4. The molecule has 3 rings (SSSR count). The first-order valence-corrected chi connectivity index (χ1v) is 9.10. The molecule has 1 amide bonds. The maximum atomic E-state index is 12.6. The largest absolute Gasteiger partial charge is 0.416 e. The van der Waals surface area contributed by atoms with E-state index >= 15 is 0 Å². The van der Waals surface area contributed by atoms with Gasteiger partial charge >= 0.3 is 12.1 Å². The standard InChI is InChI=1S/C19H15F3N2O2.C3H7NO/c1-24(2)15-9-3-12(4-10-15)11-16-18(25)26-17(23-16)13-5-7-14(8-6-13)19(20,21)22;1-4(2)3-5/h3-11H,1-2H3;3H,1-2H3/b16-11+;. The minimum atomic E-state index is -4.42. The molecule has 2 aromatic carbocycles. The van der Waals surface area contributed by atoms with Crippen molar-refractivity contribution in [2.45, 2.75) is 6.18 Å². The number of esters is 1. The third-order valence-corrected chi connectivity index (χ3v) is 4.00. The highest BCUT2D eigenvalue weighted by Gasteiger charge is 2.31. The van der Waals surface area contributed by atoms with E-state index in [-0.39, 0.29) is 11.6 Å². The van der Waals surface area contributed by atoms with Crippen LogP contribution in [0.5, 0.6) is 0 Å². The van der Waals surface area contributed by atoms with Crippen LogP contribution in [0.25, 0.3) is 6.08 Å². The molecule has 0 spiro atoms. The van der Waals surface area contributed by atoms with Gasteiger partial charge in [-0.1, -0.05) is 12.1 Å². The summed E-state index contributed by atoms with van der Waals surface area (Å²) in [5.41, 5.74) is 1.40. The number of carbonyl (C=O) groups excluding carboxylic acids is 2. The fourth-order valence-corrected chi connectivity index (χ4v) is 2.36. The predicted octanol–water partition coefficient (Wildman–Crippen LogP) is 3.82. The van der Waals surface area contributed by atoms with E-state index in [1.807, 2.05) is 43.3 Å². The Morgan fingerprint density at radius 3 is 1.94 bits per heavy atom. The lowest BCUT2D eigenvalue weighted by atomic mass is 10.1. The Kier molecular flexibility index (Phi) is 7.57. The SMILES string of the molecule is CN(C)C=O.CN(C)c1ccc(/C=C2/N=C(c3ccc(C(F)(F)F)cc3)OC2=O)cc1. The van der Waals surface area contributed by atoms with Gasteiger partial charge in [0.2, 0.25) is 12.3 Å². The van der Waals surface area contributed by atoms with Gasteiger partial charge in [0.05, 0.1) is 5.56 Å². The van der Waals surface area contributed by atoms with Crippen LogP contribution in [0.3, 0.4) is 0 Å². The zero-order valence-electron chi connectivity index (χ0n) is 17.5. The lowest BCUT2D eigenvalue weighted by Crippen LogP contribution is -2.08. The van der Waals surface area contributed by atoms with E-state index < -0.39 is 17.7 Å². The molecule has 1 aliphatic rings. The van der Waals surface area contributed by atoms with Crippen molar-refractivity contribution in [3.63, 3.8) is 0 Å². The molecule has 0 bridgehead atoms. The highest BCUT2D eigenvalue weighted by Crippen LogP contribution is 2.29. The second-order valence-corrected chi connectivity index (χ2v) is 6.97. The molecule has 0 unspecified atom stereocenters. The van der Waals surface area contributed by atoms with Gasteiger partial charge in [-0.3, -0.25) is 4.79 Å². The number of aliphatic imine (C=N–C) groups is 1. The van der Waals surface area contributed by atoms with Gasteiger partial charge in [0.1, 0.15) is 0 Å². The van der Waals surface area contributed by atoms with Gasteiger partial charge in [-0.15, -0.1) is 0 Å². The molecule has 0 aromatic heterocycles.